The van der Waals surface area contributed by atoms with Gasteiger partial charge in [0.25, 0.3) is 0 Å². The first-order valence-corrected chi connectivity index (χ1v) is 7.67. The van der Waals surface area contributed by atoms with E-state index in [9.17, 15) is 4.79 Å². The summed E-state index contributed by atoms with van der Waals surface area (Å²) in [5.74, 6) is 0.832. The van der Waals surface area contributed by atoms with Gasteiger partial charge in [-0.05, 0) is 43.4 Å². The zero-order chi connectivity index (χ0) is 14.7. The average Bonchev–Trinajstić information content (AvgIpc) is 2.78. The summed E-state index contributed by atoms with van der Waals surface area (Å²) >= 11 is 6.06. The third-order valence-electron chi connectivity index (χ3n) is 3.81. The van der Waals surface area contributed by atoms with Gasteiger partial charge in [0.2, 0.25) is 5.91 Å². The minimum absolute atomic E-state index is 0.0524. The summed E-state index contributed by atoms with van der Waals surface area (Å²) in [6.07, 6.45) is 2.11. The highest BCUT2D eigenvalue weighted by Gasteiger charge is 2.34. The van der Waals surface area contributed by atoms with E-state index in [0.29, 0.717) is 17.5 Å². The summed E-state index contributed by atoms with van der Waals surface area (Å²) in [7, 11) is 0. The highest BCUT2D eigenvalue weighted by Crippen LogP contribution is 2.28. The molecular formula is C16H23ClN2O. The molecule has 1 aliphatic rings. The molecule has 1 amide bonds. The lowest BCUT2D eigenvalue weighted by Gasteiger charge is -2.31. The van der Waals surface area contributed by atoms with E-state index in [4.69, 9.17) is 11.6 Å². The molecule has 0 bridgehead atoms. The molecule has 1 fully saturated rings. The van der Waals surface area contributed by atoms with Crippen LogP contribution in [-0.4, -0.2) is 23.4 Å². The topological polar surface area (TPSA) is 32.3 Å². The first kappa shape index (κ1) is 15.3. The molecule has 3 nitrogen and oxygen atoms in total. The number of nitrogens with zero attached hydrogens (tertiary/aromatic N) is 1. The lowest BCUT2D eigenvalue weighted by molar-refractivity contribution is -0.130. The highest BCUT2D eigenvalue weighted by atomic mass is 35.5. The number of benzene rings is 1. The Hall–Kier alpha value is -1.06. The van der Waals surface area contributed by atoms with E-state index < -0.39 is 0 Å². The van der Waals surface area contributed by atoms with Gasteiger partial charge in [-0.1, -0.05) is 37.6 Å². The quantitative estimate of drug-likeness (QED) is 0.900. The number of rotatable bonds is 5. The molecule has 0 aliphatic carbocycles. The molecule has 2 unspecified atom stereocenters. The molecule has 1 N–H and O–H groups in total. The number of amides is 1. The zero-order valence-corrected chi connectivity index (χ0v) is 13.2. The third kappa shape index (κ3) is 3.53. The van der Waals surface area contributed by atoms with Crippen LogP contribution in [0.25, 0.3) is 0 Å². The van der Waals surface area contributed by atoms with Crippen LogP contribution in [0.5, 0.6) is 0 Å². The Kier molecular flexibility index (Phi) is 5.06. The van der Waals surface area contributed by atoms with Crippen molar-refractivity contribution in [2.45, 2.75) is 45.8 Å². The van der Waals surface area contributed by atoms with Crippen LogP contribution in [0.15, 0.2) is 24.3 Å². The number of halogens is 1. The minimum Gasteiger partial charge on any atom is -0.319 e. The monoisotopic (exact) mass is 294 g/mol. The van der Waals surface area contributed by atoms with E-state index in [1.165, 1.54) is 0 Å². The van der Waals surface area contributed by atoms with Gasteiger partial charge in [-0.25, -0.2) is 0 Å². The second kappa shape index (κ2) is 6.59. The molecule has 0 saturated carbocycles. The number of carbonyl (C=O) groups excluding carboxylic acids is 1. The van der Waals surface area contributed by atoms with Gasteiger partial charge >= 0.3 is 0 Å². The van der Waals surface area contributed by atoms with Crippen LogP contribution in [0.3, 0.4) is 0 Å². The van der Waals surface area contributed by atoms with Crippen molar-refractivity contribution >= 4 is 17.5 Å². The fourth-order valence-corrected chi connectivity index (χ4v) is 2.89. The van der Waals surface area contributed by atoms with Crippen LogP contribution < -0.4 is 5.32 Å². The first-order valence-electron chi connectivity index (χ1n) is 7.29. The number of carbonyl (C=O) groups is 1. The first-order chi connectivity index (χ1) is 9.49. The molecule has 1 saturated heterocycles. The lowest BCUT2D eigenvalue weighted by atomic mass is 10.0. The molecule has 2 atom stereocenters. The maximum Gasteiger partial charge on any atom is 0.238 e. The van der Waals surface area contributed by atoms with Gasteiger partial charge in [0.15, 0.2) is 0 Å². The molecule has 4 heteroatoms. The van der Waals surface area contributed by atoms with Gasteiger partial charge in [0, 0.05) is 11.1 Å². The SMILES string of the molecule is CC(C)CCC(C)N1C(=O)CNC1c1cccc(Cl)c1. The second-order valence-corrected chi connectivity index (χ2v) is 6.40. The minimum atomic E-state index is -0.0524. The van der Waals surface area contributed by atoms with Gasteiger partial charge < -0.3 is 4.90 Å². The molecule has 1 heterocycles. The normalized spacial score (nSPS) is 20.8. The van der Waals surface area contributed by atoms with E-state index >= 15 is 0 Å². The Bertz CT molecular complexity index is 475. The van der Waals surface area contributed by atoms with Crippen LogP contribution >= 0.6 is 11.6 Å². The van der Waals surface area contributed by atoms with E-state index in [-0.39, 0.29) is 18.1 Å². The van der Waals surface area contributed by atoms with Gasteiger partial charge in [0.05, 0.1) is 6.54 Å². The molecule has 0 aromatic heterocycles. The van der Waals surface area contributed by atoms with Crippen molar-refractivity contribution in [2.75, 3.05) is 6.54 Å². The predicted octanol–water partition coefficient (Wildman–Crippen LogP) is 3.60. The standard InChI is InChI=1S/C16H23ClN2O/c1-11(2)7-8-12(3)19-15(20)10-18-16(19)13-5-4-6-14(17)9-13/h4-6,9,11-12,16,18H,7-8,10H2,1-3H3. The van der Waals surface area contributed by atoms with Crippen molar-refractivity contribution in [3.8, 4) is 0 Å². The van der Waals surface area contributed by atoms with E-state index in [0.717, 1.165) is 18.4 Å². The summed E-state index contributed by atoms with van der Waals surface area (Å²) in [6, 6.07) is 7.97. The van der Waals surface area contributed by atoms with Crippen LogP contribution in [-0.2, 0) is 4.79 Å². The van der Waals surface area contributed by atoms with Crippen LogP contribution in [0, 0.1) is 5.92 Å². The molecule has 1 aromatic carbocycles. The highest BCUT2D eigenvalue weighted by molar-refractivity contribution is 6.30. The molecule has 1 aliphatic heterocycles. The molecule has 2 rings (SSSR count). The summed E-state index contributed by atoms with van der Waals surface area (Å²) in [4.78, 5) is 14.1. The van der Waals surface area contributed by atoms with Crippen molar-refractivity contribution in [2.24, 2.45) is 5.92 Å². The van der Waals surface area contributed by atoms with Crippen LogP contribution in [0.1, 0.15) is 45.3 Å². The maximum absolute atomic E-state index is 12.2. The average molecular weight is 295 g/mol. The van der Waals surface area contributed by atoms with E-state index in [1.807, 2.05) is 29.2 Å². The van der Waals surface area contributed by atoms with Gasteiger partial charge in [-0.15, -0.1) is 0 Å². The lowest BCUT2D eigenvalue weighted by Crippen LogP contribution is -2.38. The van der Waals surface area contributed by atoms with E-state index in [1.54, 1.807) is 0 Å². The Morgan fingerprint density at radius 3 is 2.75 bits per heavy atom. The Morgan fingerprint density at radius 2 is 2.10 bits per heavy atom. The zero-order valence-electron chi connectivity index (χ0n) is 12.4. The largest absolute Gasteiger partial charge is 0.319 e. The number of hydrogen-bond donors (Lipinski definition) is 1. The van der Waals surface area contributed by atoms with Crippen LogP contribution in [0.4, 0.5) is 0 Å². The molecule has 1 aromatic rings. The third-order valence-corrected chi connectivity index (χ3v) is 4.05. The summed E-state index contributed by atoms with van der Waals surface area (Å²) in [6.45, 7) is 6.96. The molecule has 0 radical (unpaired) electrons. The van der Waals surface area contributed by atoms with Crippen molar-refractivity contribution < 1.29 is 4.79 Å². The van der Waals surface area contributed by atoms with Gasteiger partial charge in [0.1, 0.15) is 6.17 Å². The van der Waals surface area contributed by atoms with Gasteiger partial charge in [-0.2, -0.15) is 0 Å². The Morgan fingerprint density at radius 1 is 1.35 bits per heavy atom. The fourth-order valence-electron chi connectivity index (χ4n) is 2.69. The van der Waals surface area contributed by atoms with Crippen molar-refractivity contribution in [1.82, 2.24) is 10.2 Å². The fraction of sp³-hybridized carbons (Fsp3) is 0.562. The Balaban J connectivity index is 2.14. The summed E-state index contributed by atoms with van der Waals surface area (Å²) < 4.78 is 0. The number of nitrogens with one attached hydrogen (secondary N) is 1. The van der Waals surface area contributed by atoms with Crippen molar-refractivity contribution in [3.63, 3.8) is 0 Å². The summed E-state index contributed by atoms with van der Waals surface area (Å²) in [5, 5.41) is 3.99. The van der Waals surface area contributed by atoms with Crippen molar-refractivity contribution in [1.29, 1.82) is 0 Å². The molecular weight excluding hydrogens is 272 g/mol. The number of hydrogen-bond acceptors (Lipinski definition) is 2. The Labute approximate surface area is 126 Å². The smallest absolute Gasteiger partial charge is 0.238 e. The second-order valence-electron chi connectivity index (χ2n) is 5.96. The van der Waals surface area contributed by atoms with Gasteiger partial charge in [-0.3, -0.25) is 10.1 Å². The summed E-state index contributed by atoms with van der Waals surface area (Å²) in [5.41, 5.74) is 1.06. The molecule has 110 valence electrons. The molecule has 20 heavy (non-hydrogen) atoms. The predicted molar refractivity (Wildman–Crippen MR) is 82.6 cm³/mol. The van der Waals surface area contributed by atoms with Crippen molar-refractivity contribution in [3.05, 3.63) is 34.9 Å². The molecule has 0 spiro atoms. The van der Waals surface area contributed by atoms with E-state index in [2.05, 4.69) is 26.1 Å². The van der Waals surface area contributed by atoms with Crippen LogP contribution in [0.2, 0.25) is 5.02 Å². The maximum atomic E-state index is 12.2.